The van der Waals surface area contributed by atoms with Gasteiger partial charge in [-0.15, -0.1) is 0 Å². The zero-order valence-corrected chi connectivity index (χ0v) is 12.8. The van der Waals surface area contributed by atoms with Crippen molar-refractivity contribution in [3.05, 3.63) is 29.3 Å². The number of hydrogen-bond donors (Lipinski definition) is 2. The summed E-state index contributed by atoms with van der Waals surface area (Å²) in [6.07, 6.45) is 0.268. The molecule has 1 atom stereocenters. The van der Waals surface area contributed by atoms with Crippen molar-refractivity contribution in [1.82, 2.24) is 10.2 Å². The molecule has 0 spiro atoms. The molecular weight excluding hydrogens is 389 g/mol. The van der Waals surface area contributed by atoms with E-state index in [4.69, 9.17) is 0 Å². The first-order valence-electron chi connectivity index (χ1n) is 6.26. The lowest BCUT2D eigenvalue weighted by atomic mass is 10.0. The molecule has 2 aliphatic rings. The lowest BCUT2D eigenvalue weighted by molar-refractivity contribution is -0.136. The standard InChI is InChI=1S/C13H10IN3O4/c14-16-7-3-1-2-6-10(7)13(21)17(12(6)20)8-4-5-9(18)15-11(8)19/h1-3,8,16H,4-5H2,(H,15,18,19). The number of benzene rings is 1. The third-order valence-electron chi connectivity index (χ3n) is 3.57. The summed E-state index contributed by atoms with van der Waals surface area (Å²) < 4.78 is 2.84. The fraction of sp³-hybridized carbons (Fsp3) is 0.231. The Labute approximate surface area is 133 Å². The first kappa shape index (κ1) is 14.0. The summed E-state index contributed by atoms with van der Waals surface area (Å²) >= 11 is 1.88. The van der Waals surface area contributed by atoms with Crippen LogP contribution >= 0.6 is 22.9 Å². The number of hydrogen-bond acceptors (Lipinski definition) is 5. The Morgan fingerprint density at radius 3 is 2.62 bits per heavy atom. The predicted molar refractivity (Wildman–Crippen MR) is 80.8 cm³/mol. The van der Waals surface area contributed by atoms with E-state index in [1.54, 1.807) is 18.2 Å². The van der Waals surface area contributed by atoms with Gasteiger partial charge in [-0.3, -0.25) is 29.4 Å². The number of nitrogens with one attached hydrogen (secondary N) is 2. The van der Waals surface area contributed by atoms with E-state index in [2.05, 4.69) is 8.85 Å². The molecule has 0 radical (unpaired) electrons. The van der Waals surface area contributed by atoms with Crippen LogP contribution in [0.5, 0.6) is 0 Å². The van der Waals surface area contributed by atoms with E-state index in [9.17, 15) is 19.2 Å². The zero-order chi connectivity index (χ0) is 15.1. The molecule has 0 saturated carbocycles. The second kappa shape index (κ2) is 5.10. The highest BCUT2D eigenvalue weighted by Crippen LogP contribution is 2.32. The molecule has 7 nitrogen and oxygen atoms in total. The molecule has 21 heavy (non-hydrogen) atoms. The van der Waals surface area contributed by atoms with E-state index in [-0.39, 0.29) is 29.9 Å². The Bertz CT molecular complexity index is 688. The van der Waals surface area contributed by atoms with Gasteiger partial charge in [0.25, 0.3) is 11.8 Å². The van der Waals surface area contributed by atoms with Gasteiger partial charge in [0.05, 0.1) is 39.7 Å². The van der Waals surface area contributed by atoms with Crippen LogP contribution in [-0.4, -0.2) is 34.6 Å². The quantitative estimate of drug-likeness (QED) is 0.437. The van der Waals surface area contributed by atoms with E-state index >= 15 is 0 Å². The van der Waals surface area contributed by atoms with Crippen LogP contribution in [0.3, 0.4) is 0 Å². The number of amides is 4. The van der Waals surface area contributed by atoms with Gasteiger partial charge in [0.1, 0.15) is 6.04 Å². The molecule has 0 aromatic heterocycles. The highest BCUT2D eigenvalue weighted by atomic mass is 127. The summed E-state index contributed by atoms with van der Waals surface area (Å²) in [5.74, 6) is -2.01. The van der Waals surface area contributed by atoms with Crippen molar-refractivity contribution in [2.75, 3.05) is 3.53 Å². The van der Waals surface area contributed by atoms with Gasteiger partial charge < -0.3 is 3.53 Å². The number of anilines is 1. The second-order valence-electron chi connectivity index (χ2n) is 4.77. The summed E-state index contributed by atoms with van der Waals surface area (Å²) in [6, 6.07) is 3.97. The third kappa shape index (κ3) is 2.09. The molecule has 2 N–H and O–H groups in total. The van der Waals surface area contributed by atoms with E-state index in [1.807, 2.05) is 22.9 Å². The van der Waals surface area contributed by atoms with Crippen LogP contribution in [0, 0.1) is 0 Å². The molecule has 0 aliphatic carbocycles. The van der Waals surface area contributed by atoms with Crippen molar-refractivity contribution in [2.24, 2.45) is 0 Å². The molecule has 4 amide bonds. The molecule has 3 rings (SSSR count). The number of piperidine rings is 1. The summed E-state index contributed by atoms with van der Waals surface area (Å²) in [5.41, 5.74) is 1.06. The molecular formula is C13H10IN3O4. The number of rotatable bonds is 2. The Hall–Kier alpha value is -1.97. The van der Waals surface area contributed by atoms with Crippen LogP contribution < -0.4 is 8.85 Å². The minimum Gasteiger partial charge on any atom is -0.328 e. The average Bonchev–Trinajstić information content (AvgIpc) is 2.72. The summed E-state index contributed by atoms with van der Waals surface area (Å²) in [5, 5.41) is 2.16. The van der Waals surface area contributed by atoms with E-state index in [1.165, 1.54) is 0 Å². The van der Waals surface area contributed by atoms with Crippen LogP contribution in [0.15, 0.2) is 18.2 Å². The van der Waals surface area contributed by atoms with Gasteiger partial charge in [0.15, 0.2) is 0 Å². The van der Waals surface area contributed by atoms with Crippen molar-refractivity contribution in [3.63, 3.8) is 0 Å². The van der Waals surface area contributed by atoms with Crippen molar-refractivity contribution in [1.29, 1.82) is 0 Å². The minimum absolute atomic E-state index is 0.112. The van der Waals surface area contributed by atoms with Gasteiger partial charge >= 0.3 is 0 Å². The maximum absolute atomic E-state index is 12.5. The SMILES string of the molecule is O=C1CCC(N2C(=O)c3cccc(NI)c3C2=O)C(=O)N1. The van der Waals surface area contributed by atoms with Gasteiger partial charge in [0.2, 0.25) is 11.8 Å². The Balaban J connectivity index is 2.00. The Morgan fingerprint density at radius 2 is 1.95 bits per heavy atom. The van der Waals surface area contributed by atoms with Gasteiger partial charge in [-0.25, -0.2) is 0 Å². The lowest BCUT2D eigenvalue weighted by Gasteiger charge is -2.27. The van der Waals surface area contributed by atoms with Crippen LogP contribution in [0.25, 0.3) is 0 Å². The normalized spacial score (nSPS) is 21.4. The fourth-order valence-electron chi connectivity index (χ4n) is 2.59. The number of nitrogens with zero attached hydrogens (tertiary/aromatic N) is 1. The second-order valence-corrected chi connectivity index (χ2v) is 5.31. The van der Waals surface area contributed by atoms with Crippen molar-refractivity contribution in [2.45, 2.75) is 18.9 Å². The fourth-order valence-corrected chi connectivity index (χ4v) is 3.04. The summed E-state index contributed by atoms with van der Waals surface area (Å²) in [4.78, 5) is 48.9. The third-order valence-corrected chi connectivity index (χ3v) is 4.15. The van der Waals surface area contributed by atoms with Crippen LogP contribution in [0.2, 0.25) is 0 Å². The minimum atomic E-state index is -0.933. The van der Waals surface area contributed by atoms with Crippen LogP contribution in [-0.2, 0) is 9.59 Å². The number of carbonyl (C=O) groups is 4. The molecule has 1 aromatic carbocycles. The summed E-state index contributed by atoms with van der Waals surface area (Å²) in [6.45, 7) is 0. The predicted octanol–water partition coefficient (Wildman–Crippen LogP) is 0.850. The summed E-state index contributed by atoms with van der Waals surface area (Å²) in [7, 11) is 0. The van der Waals surface area contributed by atoms with Gasteiger partial charge in [-0.1, -0.05) is 6.07 Å². The topological polar surface area (TPSA) is 95.6 Å². The van der Waals surface area contributed by atoms with E-state index in [0.29, 0.717) is 5.69 Å². The van der Waals surface area contributed by atoms with Crippen molar-refractivity contribution >= 4 is 52.2 Å². The molecule has 2 heterocycles. The maximum atomic E-state index is 12.5. The monoisotopic (exact) mass is 399 g/mol. The molecule has 8 heteroatoms. The Morgan fingerprint density at radius 1 is 1.19 bits per heavy atom. The number of imide groups is 2. The van der Waals surface area contributed by atoms with Crippen LogP contribution in [0.1, 0.15) is 33.6 Å². The van der Waals surface area contributed by atoms with Gasteiger partial charge in [-0.05, 0) is 18.6 Å². The number of halogens is 1. The van der Waals surface area contributed by atoms with Crippen LogP contribution in [0.4, 0.5) is 5.69 Å². The average molecular weight is 399 g/mol. The van der Waals surface area contributed by atoms with Gasteiger partial charge in [0, 0.05) is 6.42 Å². The first-order chi connectivity index (χ1) is 10.0. The largest absolute Gasteiger partial charge is 0.328 e. The molecule has 1 unspecified atom stereocenters. The Kier molecular flexibility index (Phi) is 3.40. The van der Waals surface area contributed by atoms with E-state index in [0.717, 1.165) is 4.90 Å². The van der Waals surface area contributed by atoms with Crippen molar-refractivity contribution < 1.29 is 19.2 Å². The van der Waals surface area contributed by atoms with Crippen molar-refractivity contribution in [3.8, 4) is 0 Å². The highest BCUT2D eigenvalue weighted by molar-refractivity contribution is 14.1. The molecule has 108 valence electrons. The van der Waals surface area contributed by atoms with E-state index < -0.39 is 23.8 Å². The highest BCUT2D eigenvalue weighted by Gasteiger charge is 2.45. The molecule has 2 aliphatic heterocycles. The lowest BCUT2D eigenvalue weighted by Crippen LogP contribution is -2.54. The van der Waals surface area contributed by atoms with Gasteiger partial charge in [-0.2, -0.15) is 0 Å². The number of fused-ring (bicyclic) bond motifs is 1. The molecule has 0 bridgehead atoms. The smallest absolute Gasteiger partial charge is 0.264 e. The zero-order valence-electron chi connectivity index (χ0n) is 10.7. The molecule has 1 fully saturated rings. The molecule has 1 aromatic rings. The molecule has 1 saturated heterocycles. The number of carbonyl (C=O) groups excluding carboxylic acids is 4. The maximum Gasteiger partial charge on any atom is 0.264 e. The first-order valence-corrected chi connectivity index (χ1v) is 7.33.